The SMILES string of the molecule is O[C]1N=c2ccc(Cl)c(Cl)c2=N1. The summed E-state index contributed by atoms with van der Waals surface area (Å²) in [6, 6.07) is 3.26. The molecule has 1 aliphatic rings. The minimum absolute atomic E-state index is 0.283. The van der Waals surface area contributed by atoms with E-state index in [4.69, 9.17) is 28.3 Å². The van der Waals surface area contributed by atoms with E-state index < -0.39 is 0 Å². The van der Waals surface area contributed by atoms with E-state index in [1.807, 2.05) is 0 Å². The Morgan fingerprint density at radius 3 is 2.67 bits per heavy atom. The van der Waals surface area contributed by atoms with Crippen LogP contribution in [0.15, 0.2) is 22.1 Å². The summed E-state index contributed by atoms with van der Waals surface area (Å²) >= 11 is 11.5. The van der Waals surface area contributed by atoms with Gasteiger partial charge < -0.3 is 5.11 Å². The second kappa shape index (κ2) is 2.69. The summed E-state index contributed by atoms with van der Waals surface area (Å²) in [7, 11) is 0. The zero-order valence-corrected chi connectivity index (χ0v) is 7.26. The average molecular weight is 202 g/mol. The first-order valence-corrected chi connectivity index (χ1v) is 3.91. The van der Waals surface area contributed by atoms with Gasteiger partial charge in [0.1, 0.15) is 5.36 Å². The first-order chi connectivity index (χ1) is 5.68. The minimum atomic E-state index is -0.283. The lowest BCUT2D eigenvalue weighted by Gasteiger charge is -1.90. The van der Waals surface area contributed by atoms with Gasteiger partial charge in [-0.3, -0.25) is 0 Å². The number of aliphatic hydroxyl groups excluding tert-OH is 1. The fourth-order valence-corrected chi connectivity index (χ4v) is 1.31. The largest absolute Gasteiger partial charge is 0.346 e. The molecule has 1 aromatic carbocycles. The van der Waals surface area contributed by atoms with Crippen LogP contribution in [-0.4, -0.2) is 5.11 Å². The summed E-state index contributed by atoms with van der Waals surface area (Å²) < 4.78 is 0. The molecular formula is C7H3Cl2N2O. The van der Waals surface area contributed by atoms with E-state index >= 15 is 0 Å². The fraction of sp³-hybridized carbons (Fsp3) is 0. The highest BCUT2D eigenvalue weighted by atomic mass is 35.5. The van der Waals surface area contributed by atoms with E-state index in [-0.39, 0.29) is 6.35 Å². The van der Waals surface area contributed by atoms with E-state index in [2.05, 4.69) is 9.98 Å². The lowest BCUT2D eigenvalue weighted by Crippen LogP contribution is -2.22. The predicted molar refractivity (Wildman–Crippen MR) is 44.0 cm³/mol. The number of nitrogens with zero attached hydrogens (tertiary/aromatic N) is 2. The topological polar surface area (TPSA) is 45.0 Å². The van der Waals surface area contributed by atoms with Crippen LogP contribution in [0.2, 0.25) is 10.0 Å². The molecule has 0 unspecified atom stereocenters. The number of benzene rings is 1. The third-order valence-corrected chi connectivity index (χ3v) is 2.27. The van der Waals surface area contributed by atoms with Crippen molar-refractivity contribution in [1.29, 1.82) is 0 Å². The smallest absolute Gasteiger partial charge is 0.330 e. The maximum Gasteiger partial charge on any atom is 0.330 e. The van der Waals surface area contributed by atoms with Gasteiger partial charge in [0.25, 0.3) is 0 Å². The molecule has 0 fully saturated rings. The molecule has 1 N–H and O–H groups in total. The Morgan fingerprint density at radius 1 is 1.17 bits per heavy atom. The maximum absolute atomic E-state index is 8.95. The number of aliphatic hydroxyl groups is 1. The van der Waals surface area contributed by atoms with Gasteiger partial charge in [0.2, 0.25) is 0 Å². The third kappa shape index (κ3) is 1.10. The summed E-state index contributed by atoms with van der Waals surface area (Å²) in [5.74, 6) is 0. The molecule has 0 spiro atoms. The first kappa shape index (κ1) is 7.98. The molecule has 12 heavy (non-hydrogen) atoms. The van der Waals surface area contributed by atoms with Crippen LogP contribution in [0.1, 0.15) is 0 Å². The summed E-state index contributed by atoms with van der Waals surface area (Å²) in [6.07, 6.45) is -0.283. The van der Waals surface area contributed by atoms with Crippen LogP contribution in [0, 0.1) is 6.35 Å². The van der Waals surface area contributed by atoms with Crippen LogP contribution in [0.25, 0.3) is 0 Å². The molecule has 0 aromatic heterocycles. The number of rotatable bonds is 0. The molecule has 1 aliphatic heterocycles. The Labute approximate surface area is 78.0 Å². The molecule has 2 rings (SSSR count). The van der Waals surface area contributed by atoms with Crippen molar-refractivity contribution < 1.29 is 5.11 Å². The Kier molecular flexibility index (Phi) is 1.79. The van der Waals surface area contributed by atoms with E-state index in [1.54, 1.807) is 12.1 Å². The van der Waals surface area contributed by atoms with Crippen LogP contribution in [0.3, 0.4) is 0 Å². The Balaban J connectivity index is 2.87. The van der Waals surface area contributed by atoms with Gasteiger partial charge in [-0.05, 0) is 12.1 Å². The zero-order chi connectivity index (χ0) is 8.72. The van der Waals surface area contributed by atoms with Crippen molar-refractivity contribution in [2.24, 2.45) is 9.98 Å². The molecule has 61 valence electrons. The average Bonchev–Trinajstić information content (AvgIpc) is 2.39. The van der Waals surface area contributed by atoms with E-state index in [1.165, 1.54) is 0 Å². The van der Waals surface area contributed by atoms with Crippen LogP contribution in [0.5, 0.6) is 0 Å². The lowest BCUT2D eigenvalue weighted by molar-refractivity contribution is 0.305. The number of hydrogen-bond donors (Lipinski definition) is 1. The van der Waals surface area contributed by atoms with Crippen molar-refractivity contribution in [3.8, 4) is 0 Å². The van der Waals surface area contributed by atoms with Crippen LogP contribution in [-0.2, 0) is 0 Å². The molecule has 0 saturated heterocycles. The monoisotopic (exact) mass is 201 g/mol. The highest BCUT2D eigenvalue weighted by Gasteiger charge is 2.11. The molecule has 1 radical (unpaired) electrons. The van der Waals surface area contributed by atoms with Gasteiger partial charge >= 0.3 is 6.35 Å². The molecule has 1 aromatic rings. The Bertz CT molecular complexity index is 443. The Hall–Kier alpha value is -0.640. The molecule has 0 atom stereocenters. The van der Waals surface area contributed by atoms with Crippen molar-refractivity contribution in [2.45, 2.75) is 0 Å². The van der Waals surface area contributed by atoms with E-state index in [0.29, 0.717) is 20.8 Å². The normalized spacial score (nSPS) is 15.2. The number of hydrogen-bond acceptors (Lipinski definition) is 3. The second-order valence-electron chi connectivity index (χ2n) is 2.25. The quantitative estimate of drug-likeness (QED) is 0.671. The lowest BCUT2D eigenvalue weighted by atomic mass is 10.3. The third-order valence-electron chi connectivity index (χ3n) is 1.48. The molecule has 5 heteroatoms. The highest BCUT2D eigenvalue weighted by molar-refractivity contribution is 6.41. The summed E-state index contributed by atoms with van der Waals surface area (Å²) in [5.41, 5.74) is 0. The highest BCUT2D eigenvalue weighted by Crippen LogP contribution is 2.16. The van der Waals surface area contributed by atoms with Gasteiger partial charge in [-0.2, -0.15) is 0 Å². The maximum atomic E-state index is 8.95. The van der Waals surface area contributed by atoms with Gasteiger partial charge in [-0.1, -0.05) is 23.2 Å². The van der Waals surface area contributed by atoms with Crippen molar-refractivity contribution in [3.63, 3.8) is 0 Å². The molecule has 0 aliphatic carbocycles. The molecule has 3 nitrogen and oxygen atoms in total. The van der Waals surface area contributed by atoms with Crippen molar-refractivity contribution in [1.82, 2.24) is 0 Å². The van der Waals surface area contributed by atoms with E-state index in [9.17, 15) is 0 Å². The van der Waals surface area contributed by atoms with Gasteiger partial charge in [-0.25, -0.2) is 9.98 Å². The molecular weight excluding hydrogens is 199 g/mol. The van der Waals surface area contributed by atoms with E-state index in [0.717, 1.165) is 0 Å². The molecule has 1 heterocycles. The second-order valence-corrected chi connectivity index (χ2v) is 3.04. The number of fused-ring (bicyclic) bond motifs is 1. The summed E-state index contributed by atoms with van der Waals surface area (Å²) in [5, 5.41) is 10.7. The predicted octanol–water partition coefficient (Wildman–Crippen LogP) is 1.07. The fourth-order valence-electron chi connectivity index (χ4n) is 0.959. The minimum Gasteiger partial charge on any atom is -0.346 e. The van der Waals surface area contributed by atoms with Crippen LogP contribution >= 0.6 is 23.2 Å². The number of halogens is 2. The molecule has 0 bridgehead atoms. The van der Waals surface area contributed by atoms with Crippen molar-refractivity contribution >= 4 is 23.2 Å². The molecule has 0 saturated carbocycles. The summed E-state index contributed by atoms with van der Waals surface area (Å²) in [4.78, 5) is 7.42. The van der Waals surface area contributed by atoms with Crippen LogP contribution < -0.4 is 10.7 Å². The van der Waals surface area contributed by atoms with Gasteiger partial charge in [0.15, 0.2) is 0 Å². The first-order valence-electron chi connectivity index (χ1n) is 3.16. The summed E-state index contributed by atoms with van der Waals surface area (Å²) in [6.45, 7) is 0. The zero-order valence-electron chi connectivity index (χ0n) is 5.75. The molecule has 0 amide bonds. The van der Waals surface area contributed by atoms with Crippen molar-refractivity contribution in [2.75, 3.05) is 0 Å². The van der Waals surface area contributed by atoms with Gasteiger partial charge in [0.05, 0.1) is 15.4 Å². The van der Waals surface area contributed by atoms with Gasteiger partial charge in [-0.15, -0.1) is 0 Å². The standard InChI is InChI=1S/C7H3Cl2N2O/c8-3-1-2-4-6(5(3)9)11-7(12)10-4/h1-2,12H. The Morgan fingerprint density at radius 2 is 1.92 bits per heavy atom. The van der Waals surface area contributed by atoms with Crippen molar-refractivity contribution in [3.05, 3.63) is 39.2 Å². The van der Waals surface area contributed by atoms with Crippen LogP contribution in [0.4, 0.5) is 0 Å². The van der Waals surface area contributed by atoms with Gasteiger partial charge in [0, 0.05) is 0 Å².